The predicted molar refractivity (Wildman–Crippen MR) is 123 cm³/mol. The maximum Gasteiger partial charge on any atom is 0.269 e. The number of anilines is 1. The molecule has 4 rings (SSSR count). The van der Waals surface area contributed by atoms with Crippen LogP contribution in [0.3, 0.4) is 0 Å². The third-order valence-corrected chi connectivity index (χ3v) is 5.42. The lowest BCUT2D eigenvalue weighted by molar-refractivity contribution is -0.384. The van der Waals surface area contributed by atoms with Crippen molar-refractivity contribution < 1.29 is 9.72 Å². The highest BCUT2D eigenvalue weighted by molar-refractivity contribution is 6.24. The Morgan fingerprint density at radius 1 is 0.806 bits per heavy atom. The zero-order valence-electron chi connectivity index (χ0n) is 17.1. The van der Waals surface area contributed by atoms with Gasteiger partial charge in [0.25, 0.3) is 11.6 Å². The van der Waals surface area contributed by atoms with Gasteiger partial charge in [0.1, 0.15) is 0 Å². The van der Waals surface area contributed by atoms with Crippen molar-refractivity contribution in [2.75, 3.05) is 31.1 Å². The quantitative estimate of drug-likeness (QED) is 0.268. The lowest BCUT2D eigenvalue weighted by atomic mass is 10.0. The van der Waals surface area contributed by atoms with E-state index in [4.69, 9.17) is 0 Å². The van der Waals surface area contributed by atoms with E-state index >= 15 is 0 Å². The molecule has 6 heteroatoms. The van der Waals surface area contributed by atoms with Gasteiger partial charge in [0.05, 0.1) is 4.92 Å². The summed E-state index contributed by atoms with van der Waals surface area (Å²) in [5.41, 5.74) is 3.36. The first-order valence-electron chi connectivity index (χ1n) is 10.2. The summed E-state index contributed by atoms with van der Waals surface area (Å²) < 4.78 is 0. The molecule has 0 saturated carbocycles. The number of nitro benzene ring substituents is 1. The minimum atomic E-state index is -0.428. The van der Waals surface area contributed by atoms with Crippen molar-refractivity contribution >= 4 is 28.9 Å². The van der Waals surface area contributed by atoms with Crippen molar-refractivity contribution in [3.05, 3.63) is 106 Å². The number of carbonyl (C=O) groups is 1. The summed E-state index contributed by atoms with van der Waals surface area (Å²) >= 11 is 0. The Kier molecular flexibility index (Phi) is 6.08. The third kappa shape index (κ3) is 4.80. The molecule has 1 aliphatic heterocycles. The molecule has 1 fully saturated rings. The molecule has 0 atom stereocenters. The number of hydrogen-bond acceptors (Lipinski definition) is 4. The van der Waals surface area contributed by atoms with Gasteiger partial charge in [-0.1, -0.05) is 48.5 Å². The molecule has 1 aliphatic rings. The van der Waals surface area contributed by atoms with Crippen molar-refractivity contribution in [2.24, 2.45) is 0 Å². The minimum Gasteiger partial charge on any atom is -0.368 e. The van der Waals surface area contributed by atoms with Gasteiger partial charge in [-0.3, -0.25) is 14.9 Å². The Bertz CT molecular complexity index is 1070. The monoisotopic (exact) mass is 413 g/mol. The Morgan fingerprint density at radius 3 is 1.97 bits per heavy atom. The average molecular weight is 413 g/mol. The van der Waals surface area contributed by atoms with E-state index in [1.54, 1.807) is 12.1 Å². The lowest BCUT2D eigenvalue weighted by Crippen LogP contribution is -2.49. The standard InChI is InChI=1S/C25H23N3O3/c29-25(27-17-15-26(16-18-27)22-9-5-2-6-10-22)24(21-7-3-1-4-8-21)19-20-11-13-23(14-12-20)28(30)31/h1-14,19H,15-18H2/b24-19+. The zero-order chi connectivity index (χ0) is 21.6. The first kappa shape index (κ1) is 20.3. The van der Waals surface area contributed by atoms with E-state index in [0.29, 0.717) is 18.7 Å². The van der Waals surface area contributed by atoms with E-state index in [2.05, 4.69) is 17.0 Å². The van der Waals surface area contributed by atoms with Crippen LogP contribution in [0.15, 0.2) is 84.9 Å². The van der Waals surface area contributed by atoms with Crippen LogP contribution in [0.1, 0.15) is 11.1 Å². The van der Waals surface area contributed by atoms with Gasteiger partial charge in [-0.15, -0.1) is 0 Å². The van der Waals surface area contributed by atoms with Crippen LogP contribution < -0.4 is 4.90 Å². The third-order valence-electron chi connectivity index (χ3n) is 5.42. The first-order chi connectivity index (χ1) is 15.1. The van der Waals surface area contributed by atoms with Crippen molar-refractivity contribution in [2.45, 2.75) is 0 Å². The zero-order valence-corrected chi connectivity index (χ0v) is 17.1. The molecule has 31 heavy (non-hydrogen) atoms. The summed E-state index contributed by atoms with van der Waals surface area (Å²) in [7, 11) is 0. The molecule has 0 unspecified atom stereocenters. The van der Waals surface area contributed by atoms with Gasteiger partial charge in [-0.2, -0.15) is 0 Å². The fraction of sp³-hybridized carbons (Fsp3) is 0.160. The van der Waals surface area contributed by atoms with E-state index in [9.17, 15) is 14.9 Å². The SMILES string of the molecule is O=C(/C(=C/c1ccc([N+](=O)[O-])cc1)c1ccccc1)N1CCN(c2ccccc2)CC1. The van der Waals surface area contributed by atoms with Gasteiger partial charge in [-0.25, -0.2) is 0 Å². The van der Waals surface area contributed by atoms with Gasteiger partial charge in [-0.05, 0) is 41.5 Å². The van der Waals surface area contributed by atoms with Crippen LogP contribution in [0.4, 0.5) is 11.4 Å². The highest BCUT2D eigenvalue weighted by Crippen LogP contribution is 2.24. The molecular weight excluding hydrogens is 390 g/mol. The Labute approximate surface area is 181 Å². The average Bonchev–Trinajstić information content (AvgIpc) is 2.83. The maximum absolute atomic E-state index is 13.5. The molecule has 0 bridgehead atoms. The molecule has 0 spiro atoms. The number of piperazine rings is 1. The molecule has 0 N–H and O–H groups in total. The van der Waals surface area contributed by atoms with E-state index in [1.807, 2.05) is 59.5 Å². The Balaban J connectivity index is 1.56. The number of nitro groups is 1. The number of benzene rings is 3. The Hall–Kier alpha value is -3.93. The molecule has 6 nitrogen and oxygen atoms in total. The molecule has 0 radical (unpaired) electrons. The van der Waals surface area contributed by atoms with Gasteiger partial charge >= 0.3 is 0 Å². The van der Waals surface area contributed by atoms with Gasteiger partial charge in [0.15, 0.2) is 0 Å². The molecule has 0 aromatic heterocycles. The summed E-state index contributed by atoms with van der Waals surface area (Å²) in [6, 6.07) is 26.0. The normalized spacial score (nSPS) is 14.4. The first-order valence-corrected chi connectivity index (χ1v) is 10.2. The van der Waals surface area contributed by atoms with Crippen molar-refractivity contribution in [3.63, 3.8) is 0 Å². The van der Waals surface area contributed by atoms with Crippen LogP contribution >= 0.6 is 0 Å². The molecule has 1 amide bonds. The van der Waals surface area contributed by atoms with Crippen LogP contribution in [0, 0.1) is 10.1 Å². The number of non-ortho nitro benzene ring substituents is 1. The number of hydrogen-bond donors (Lipinski definition) is 0. The largest absolute Gasteiger partial charge is 0.368 e. The second-order valence-electron chi connectivity index (χ2n) is 7.39. The molecule has 0 aliphatic carbocycles. The molecule has 156 valence electrons. The molecule has 3 aromatic carbocycles. The summed E-state index contributed by atoms with van der Waals surface area (Å²) in [4.78, 5) is 28.1. The Morgan fingerprint density at radius 2 is 1.39 bits per heavy atom. The minimum absolute atomic E-state index is 0.0294. The van der Waals surface area contributed by atoms with Crippen molar-refractivity contribution in [3.8, 4) is 0 Å². The summed E-state index contributed by atoms with van der Waals surface area (Å²) in [6.45, 7) is 2.82. The second-order valence-corrected chi connectivity index (χ2v) is 7.39. The maximum atomic E-state index is 13.5. The number of para-hydroxylation sites is 1. The van der Waals surface area contributed by atoms with E-state index < -0.39 is 4.92 Å². The fourth-order valence-electron chi connectivity index (χ4n) is 3.72. The van der Waals surface area contributed by atoms with E-state index in [1.165, 1.54) is 17.8 Å². The smallest absolute Gasteiger partial charge is 0.269 e. The van der Waals surface area contributed by atoms with Crippen LogP contribution in [0.5, 0.6) is 0 Å². The van der Waals surface area contributed by atoms with Crippen LogP contribution in [-0.2, 0) is 4.79 Å². The van der Waals surface area contributed by atoms with Crippen LogP contribution in [-0.4, -0.2) is 41.9 Å². The van der Waals surface area contributed by atoms with Gasteiger partial charge < -0.3 is 9.80 Å². The number of nitrogens with zero attached hydrogens (tertiary/aromatic N) is 3. The molecule has 1 saturated heterocycles. The van der Waals surface area contributed by atoms with Crippen LogP contribution in [0.2, 0.25) is 0 Å². The molecule has 1 heterocycles. The summed E-state index contributed by atoms with van der Waals surface area (Å²) in [5, 5.41) is 10.9. The summed E-state index contributed by atoms with van der Waals surface area (Å²) in [6.07, 6.45) is 1.81. The number of carbonyl (C=O) groups excluding carboxylic acids is 1. The summed E-state index contributed by atoms with van der Waals surface area (Å²) in [5.74, 6) is -0.0303. The van der Waals surface area contributed by atoms with Crippen LogP contribution in [0.25, 0.3) is 11.6 Å². The second kappa shape index (κ2) is 9.26. The van der Waals surface area contributed by atoms with E-state index in [-0.39, 0.29) is 11.6 Å². The van der Waals surface area contributed by atoms with Gasteiger partial charge in [0, 0.05) is 49.6 Å². The molecular formula is C25H23N3O3. The van der Waals surface area contributed by atoms with Crippen molar-refractivity contribution in [1.29, 1.82) is 0 Å². The highest BCUT2D eigenvalue weighted by Gasteiger charge is 2.24. The number of amides is 1. The predicted octanol–water partition coefficient (Wildman–Crippen LogP) is 4.48. The lowest BCUT2D eigenvalue weighted by Gasteiger charge is -2.36. The highest BCUT2D eigenvalue weighted by atomic mass is 16.6. The molecule has 3 aromatic rings. The number of rotatable bonds is 5. The van der Waals surface area contributed by atoms with Gasteiger partial charge in [0.2, 0.25) is 0 Å². The fourth-order valence-corrected chi connectivity index (χ4v) is 3.72. The van der Waals surface area contributed by atoms with E-state index in [0.717, 1.165) is 24.2 Å². The topological polar surface area (TPSA) is 66.7 Å². The van der Waals surface area contributed by atoms with Crippen molar-refractivity contribution in [1.82, 2.24) is 4.90 Å².